The molecule has 4 aliphatic heterocycles. The van der Waals surface area contributed by atoms with Crippen LogP contribution >= 0.6 is 11.6 Å². The zero-order valence-corrected chi connectivity index (χ0v) is 35.4. The molecule has 14 nitrogen and oxygen atoms in total. The average Bonchev–Trinajstić information content (AvgIpc) is 3.71. The van der Waals surface area contributed by atoms with Crippen LogP contribution in [0.3, 0.4) is 0 Å². The van der Waals surface area contributed by atoms with Gasteiger partial charge in [0, 0.05) is 88.1 Å². The van der Waals surface area contributed by atoms with Crippen molar-refractivity contribution in [2.75, 3.05) is 93.0 Å². The van der Waals surface area contributed by atoms with Gasteiger partial charge in [-0.25, -0.2) is 9.97 Å². The summed E-state index contributed by atoms with van der Waals surface area (Å²) in [6.07, 6.45) is 5.39. The van der Waals surface area contributed by atoms with Crippen LogP contribution in [0.2, 0.25) is 0 Å². The molecule has 0 unspecified atom stereocenters. The number of benzene rings is 2. The fraction of sp³-hybridized carbons (Fsp3) is 0.467. The van der Waals surface area contributed by atoms with Crippen molar-refractivity contribution >= 4 is 22.8 Å². The van der Waals surface area contributed by atoms with Crippen LogP contribution in [0, 0.1) is 0 Å². The maximum absolute atomic E-state index is 12.0. The Hall–Kier alpha value is -4.97. The second-order valence-corrected chi connectivity index (χ2v) is 15.0. The van der Waals surface area contributed by atoms with E-state index in [2.05, 4.69) is 78.4 Å². The largest absolute Gasteiger partial charge is 0.484 e. The quantitative estimate of drug-likeness (QED) is 0.173. The molecule has 1 amide bonds. The van der Waals surface area contributed by atoms with Crippen molar-refractivity contribution in [3.8, 4) is 23.3 Å². The molecular formula is C45H59ClF2N6O8. The van der Waals surface area contributed by atoms with Crippen LogP contribution in [0.15, 0.2) is 85.2 Å². The molecule has 6 heterocycles. The van der Waals surface area contributed by atoms with E-state index in [1.54, 1.807) is 19.5 Å². The van der Waals surface area contributed by atoms with Gasteiger partial charge in [0.25, 0.3) is 11.8 Å². The van der Waals surface area contributed by atoms with Crippen molar-refractivity contribution in [2.24, 2.45) is 0 Å². The second-order valence-electron chi connectivity index (χ2n) is 14.5. The zero-order chi connectivity index (χ0) is 43.2. The molecule has 0 aliphatic carbocycles. The van der Waals surface area contributed by atoms with Gasteiger partial charge in [0.1, 0.15) is 26.4 Å². The summed E-state index contributed by atoms with van der Waals surface area (Å²) in [5.74, 6) is 2.61. The van der Waals surface area contributed by atoms with Crippen molar-refractivity contribution in [1.82, 2.24) is 30.0 Å². The molecular weight excluding hydrogens is 826 g/mol. The average molecular weight is 885 g/mol. The maximum Gasteiger partial charge on any atom is 0.257 e. The Labute approximate surface area is 368 Å². The highest BCUT2D eigenvalue weighted by Gasteiger charge is 2.25. The van der Waals surface area contributed by atoms with Gasteiger partial charge >= 0.3 is 0 Å². The number of hydrogen-bond acceptors (Lipinski definition) is 13. The molecule has 2 aromatic carbocycles. The molecule has 2 saturated heterocycles. The predicted molar refractivity (Wildman–Crippen MR) is 232 cm³/mol. The van der Waals surface area contributed by atoms with Crippen molar-refractivity contribution in [2.45, 2.75) is 45.6 Å². The fourth-order valence-electron chi connectivity index (χ4n) is 7.10. The normalized spacial score (nSPS) is 18.3. The Bertz CT molecular complexity index is 1910. The molecule has 338 valence electrons. The van der Waals surface area contributed by atoms with Crippen molar-refractivity contribution < 1.29 is 47.2 Å². The first-order chi connectivity index (χ1) is 29.9. The van der Waals surface area contributed by atoms with E-state index in [9.17, 15) is 9.59 Å². The highest BCUT2D eigenvalue weighted by atomic mass is 35.5. The first-order valence-corrected chi connectivity index (χ1v) is 20.7. The minimum atomic E-state index is -0.461. The summed E-state index contributed by atoms with van der Waals surface area (Å²) in [6, 6.07) is 24.6. The Morgan fingerprint density at radius 3 is 1.71 bits per heavy atom. The smallest absolute Gasteiger partial charge is 0.257 e. The third kappa shape index (κ3) is 15.7. The van der Waals surface area contributed by atoms with E-state index in [-0.39, 0.29) is 38.8 Å². The van der Waals surface area contributed by atoms with Crippen LogP contribution in [0.5, 0.6) is 23.3 Å². The highest BCUT2D eigenvalue weighted by Crippen LogP contribution is 2.35. The lowest BCUT2D eigenvalue weighted by atomic mass is 10.1. The van der Waals surface area contributed by atoms with E-state index >= 15 is 0 Å². The number of amides is 1. The van der Waals surface area contributed by atoms with Gasteiger partial charge < -0.3 is 38.6 Å². The summed E-state index contributed by atoms with van der Waals surface area (Å²) in [7, 11) is 2.98. The maximum atomic E-state index is 12.0. The molecule has 0 bridgehead atoms. The lowest BCUT2D eigenvalue weighted by Gasteiger charge is -2.26. The molecule has 2 atom stereocenters. The Kier molecular flexibility index (Phi) is 21.8. The molecule has 0 spiro atoms. The number of methoxy groups -OCH3 is 2. The van der Waals surface area contributed by atoms with Gasteiger partial charge in [-0.1, -0.05) is 56.0 Å². The molecule has 4 aromatic rings. The van der Waals surface area contributed by atoms with E-state index in [0.717, 1.165) is 88.7 Å². The minimum absolute atomic E-state index is 0. The fourth-order valence-corrected chi connectivity index (χ4v) is 7.21. The number of hydrogen-bond donors (Lipinski definition) is 1. The van der Waals surface area contributed by atoms with Gasteiger partial charge in [-0.05, 0) is 84.1 Å². The number of pyridine rings is 2. The van der Waals surface area contributed by atoms with E-state index in [1.165, 1.54) is 24.7 Å². The third-order valence-electron chi connectivity index (χ3n) is 10.2. The van der Waals surface area contributed by atoms with Gasteiger partial charge in [-0.3, -0.25) is 19.4 Å². The summed E-state index contributed by atoms with van der Waals surface area (Å²) < 4.78 is 48.8. The summed E-state index contributed by atoms with van der Waals surface area (Å²) in [4.78, 5) is 37.0. The number of rotatable bonds is 10. The predicted octanol–water partition coefficient (Wildman–Crippen LogP) is 6.54. The van der Waals surface area contributed by atoms with Gasteiger partial charge in [0.05, 0.1) is 0 Å². The summed E-state index contributed by atoms with van der Waals surface area (Å²) >= 11 is 4.81. The lowest BCUT2D eigenvalue weighted by Crippen LogP contribution is -2.37. The van der Waals surface area contributed by atoms with Gasteiger partial charge in [0.2, 0.25) is 11.1 Å². The monoisotopic (exact) mass is 884 g/mol. The number of halogens is 3. The van der Waals surface area contributed by atoms with Crippen LogP contribution < -0.4 is 24.3 Å². The van der Waals surface area contributed by atoms with Crippen LogP contribution in [0.1, 0.15) is 54.7 Å². The lowest BCUT2D eigenvalue weighted by molar-refractivity contribution is -0.135. The molecule has 17 heteroatoms. The first kappa shape index (κ1) is 49.7. The van der Waals surface area contributed by atoms with Crippen molar-refractivity contribution in [3.63, 3.8) is 0 Å². The SMILES string of the molecule is C.COCC(=O)Cl.COCC(=O)N1CCCN(Cc2ccc([C@H]3COc4cccnc4O3)cc2)CC1.FF.c1cnc2c(c1)OC[C@H](c1ccc(CN3CCCNCC3)cc1)O2. The number of fused-ring (bicyclic) bond motifs is 2. The topological polar surface area (TPSA) is 137 Å². The van der Waals surface area contributed by atoms with E-state index in [4.69, 9.17) is 44.4 Å². The molecule has 2 aromatic heterocycles. The Morgan fingerprint density at radius 2 is 1.21 bits per heavy atom. The van der Waals surface area contributed by atoms with Gasteiger partial charge in [0.15, 0.2) is 23.7 Å². The van der Waals surface area contributed by atoms with Gasteiger partial charge in [-0.2, -0.15) is 0 Å². The van der Waals surface area contributed by atoms with Crippen LogP contribution in [0.25, 0.3) is 0 Å². The number of ether oxygens (including phenoxy) is 6. The molecule has 8 rings (SSSR count). The van der Waals surface area contributed by atoms with Crippen LogP contribution in [-0.4, -0.2) is 129 Å². The van der Waals surface area contributed by atoms with E-state index in [0.29, 0.717) is 30.7 Å². The third-order valence-corrected chi connectivity index (χ3v) is 10.3. The van der Waals surface area contributed by atoms with E-state index < -0.39 is 5.24 Å². The first-order valence-electron chi connectivity index (χ1n) is 20.3. The molecule has 0 saturated carbocycles. The van der Waals surface area contributed by atoms with E-state index in [1.807, 2.05) is 29.2 Å². The number of nitrogens with one attached hydrogen (secondary N) is 1. The molecule has 2 fully saturated rings. The number of carbonyl (C=O) groups excluding carboxylic acids is 2. The summed E-state index contributed by atoms with van der Waals surface area (Å²) in [5, 5.41) is 2.98. The number of aromatic nitrogens is 2. The minimum Gasteiger partial charge on any atom is -0.484 e. The molecule has 0 radical (unpaired) electrons. The number of nitrogens with zero attached hydrogens (tertiary/aromatic N) is 5. The number of carbonyl (C=O) groups is 2. The second kappa shape index (κ2) is 27.2. The Balaban J connectivity index is 0.000000232. The van der Waals surface area contributed by atoms with Crippen molar-refractivity contribution in [1.29, 1.82) is 0 Å². The molecule has 4 aliphatic rings. The highest BCUT2D eigenvalue weighted by molar-refractivity contribution is 6.63. The Morgan fingerprint density at radius 1 is 0.694 bits per heavy atom. The molecule has 62 heavy (non-hydrogen) atoms. The standard InChI is InChI=1S/C22H27N3O4.C19H23N3O2.C3H5ClO2.CH4.F2/c1-27-16-21(26)25-11-3-10-24(12-13-25)14-17-5-7-18(8-6-17)20-15-28-19-4-2-9-23-22(19)29-20;1-3-17-19(21-9-1)24-18(14-23-17)16-6-4-15(5-7-16)13-22-11-2-8-20-10-12-22;1-6-2-3(4)5;;1-2/h2,4-9,20H,3,10-16H2,1H3;1,3-7,9,18,20H,2,8,10-14H2;2H2,1H3;1H4;/t20-;18-;;;/m11.../s1. The zero-order valence-electron chi connectivity index (χ0n) is 34.7. The molecule has 1 N–H and O–H groups in total. The van der Waals surface area contributed by atoms with Gasteiger partial charge in [-0.15, -0.1) is 0 Å². The van der Waals surface area contributed by atoms with Crippen molar-refractivity contribution in [3.05, 3.63) is 107 Å². The summed E-state index contributed by atoms with van der Waals surface area (Å²) in [5.41, 5.74) is 4.81. The van der Waals surface area contributed by atoms with Crippen LogP contribution in [0.4, 0.5) is 9.15 Å². The van der Waals surface area contributed by atoms with Crippen LogP contribution in [-0.2, 0) is 32.2 Å². The summed E-state index contributed by atoms with van der Waals surface area (Å²) in [6.45, 7) is 10.9.